The molecular formula is C15H20N6O2S3. The topological polar surface area (TPSA) is 122 Å². The molecule has 0 atom stereocenters. The fourth-order valence-corrected chi connectivity index (χ4v) is 4.49. The molecule has 4 N–H and O–H groups in total. The van der Waals surface area contributed by atoms with Gasteiger partial charge in [-0.2, -0.15) is 11.8 Å². The fourth-order valence-electron chi connectivity index (χ4n) is 1.90. The van der Waals surface area contributed by atoms with Crippen LogP contribution in [0, 0.1) is 6.92 Å². The molecule has 0 aliphatic heterocycles. The van der Waals surface area contributed by atoms with Gasteiger partial charge in [0.1, 0.15) is 6.34 Å². The maximum atomic E-state index is 12.2. The third-order valence-corrected chi connectivity index (χ3v) is 6.31. The zero-order valence-electron chi connectivity index (χ0n) is 14.1. The Morgan fingerprint density at radius 1 is 1.35 bits per heavy atom. The number of thioether (sulfide) groups is 1. The number of hydrogen-bond donors (Lipinski definition) is 3. The molecule has 8 nitrogen and oxygen atoms in total. The average molecular weight is 413 g/mol. The van der Waals surface area contributed by atoms with Crippen LogP contribution in [0.2, 0.25) is 0 Å². The highest BCUT2D eigenvalue weighted by Gasteiger charge is 2.13. The van der Waals surface area contributed by atoms with Gasteiger partial charge < -0.3 is 5.43 Å². The van der Waals surface area contributed by atoms with Gasteiger partial charge in [-0.1, -0.05) is 18.2 Å². The summed E-state index contributed by atoms with van der Waals surface area (Å²) in [4.78, 5) is 12.7. The Morgan fingerprint density at radius 2 is 2.15 bits per heavy atom. The van der Waals surface area contributed by atoms with Crippen LogP contribution in [0.4, 0.5) is 5.13 Å². The molecule has 0 aliphatic carbocycles. The van der Waals surface area contributed by atoms with E-state index in [4.69, 9.17) is 5.84 Å². The van der Waals surface area contributed by atoms with Crippen molar-refractivity contribution < 1.29 is 8.42 Å². The first-order chi connectivity index (χ1) is 12.5. The summed E-state index contributed by atoms with van der Waals surface area (Å²) in [6, 6.07) is 6.81. The van der Waals surface area contributed by atoms with Crippen molar-refractivity contribution in [1.29, 1.82) is 0 Å². The molecule has 26 heavy (non-hydrogen) atoms. The van der Waals surface area contributed by atoms with Gasteiger partial charge in [-0.25, -0.2) is 24.2 Å². The molecule has 0 bridgehead atoms. The number of nitrogens with two attached hydrogens (primary N) is 1. The average Bonchev–Trinajstić information content (AvgIpc) is 3.07. The van der Waals surface area contributed by atoms with Crippen molar-refractivity contribution in [2.45, 2.75) is 17.6 Å². The van der Waals surface area contributed by atoms with E-state index in [9.17, 15) is 8.42 Å². The Kier molecular flexibility index (Phi) is 8.04. The summed E-state index contributed by atoms with van der Waals surface area (Å²) >= 11 is 3.10. The van der Waals surface area contributed by atoms with E-state index >= 15 is 0 Å². The predicted octanol–water partition coefficient (Wildman–Crippen LogP) is 1.81. The number of thiazole rings is 1. The highest BCUT2D eigenvalue weighted by atomic mass is 32.2. The van der Waals surface area contributed by atoms with Crippen molar-refractivity contribution in [3.05, 3.63) is 40.9 Å². The summed E-state index contributed by atoms with van der Waals surface area (Å²) in [5, 5.41) is 2.58. The van der Waals surface area contributed by atoms with Gasteiger partial charge >= 0.3 is 0 Å². The van der Waals surface area contributed by atoms with Gasteiger partial charge in [-0.05, 0) is 18.6 Å². The molecule has 1 aromatic heterocycles. The van der Waals surface area contributed by atoms with Crippen LogP contribution < -0.4 is 16.0 Å². The zero-order valence-corrected chi connectivity index (χ0v) is 16.6. The first-order valence-corrected chi connectivity index (χ1v) is 11.1. The number of nitrogens with zero attached hydrogens (tertiary/aromatic N) is 3. The summed E-state index contributed by atoms with van der Waals surface area (Å²) in [6.07, 6.45) is 2.61. The molecule has 0 unspecified atom stereocenters. The van der Waals surface area contributed by atoms with Gasteiger partial charge in [0.05, 0.1) is 16.9 Å². The van der Waals surface area contributed by atoms with E-state index in [1.807, 2.05) is 5.38 Å². The Morgan fingerprint density at radius 3 is 2.92 bits per heavy atom. The van der Waals surface area contributed by atoms with Gasteiger partial charge in [-0.3, -0.25) is 9.71 Å². The largest absolute Gasteiger partial charge is 0.315 e. The Labute approximate surface area is 161 Å². The van der Waals surface area contributed by atoms with E-state index in [1.165, 1.54) is 24.0 Å². The Bertz CT molecular complexity index is 864. The second-order valence-corrected chi connectivity index (χ2v) is 8.65. The van der Waals surface area contributed by atoms with Gasteiger partial charge in [0.15, 0.2) is 0 Å². The zero-order chi connectivity index (χ0) is 18.8. The number of benzene rings is 1. The maximum Gasteiger partial charge on any atom is 0.262 e. The van der Waals surface area contributed by atoms with Crippen LogP contribution in [0.1, 0.15) is 11.3 Å². The lowest BCUT2D eigenvalue weighted by Crippen LogP contribution is -2.23. The quantitative estimate of drug-likeness (QED) is 0.180. The van der Waals surface area contributed by atoms with Crippen LogP contribution in [0.3, 0.4) is 0 Å². The highest BCUT2D eigenvalue weighted by molar-refractivity contribution is 7.98. The van der Waals surface area contributed by atoms with E-state index in [0.29, 0.717) is 17.2 Å². The lowest BCUT2D eigenvalue weighted by atomic mass is 10.2. The van der Waals surface area contributed by atoms with Crippen molar-refractivity contribution >= 4 is 50.9 Å². The van der Waals surface area contributed by atoms with Crippen molar-refractivity contribution in [2.24, 2.45) is 15.8 Å². The minimum absolute atomic E-state index is 0.257. The Balaban J connectivity index is 1.70. The minimum atomic E-state index is -3.57. The van der Waals surface area contributed by atoms with E-state index in [1.54, 1.807) is 43.0 Å². The molecule has 0 radical (unpaired) electrons. The monoisotopic (exact) mass is 412 g/mol. The van der Waals surface area contributed by atoms with Crippen LogP contribution in [0.15, 0.2) is 44.5 Å². The molecule has 0 aliphatic rings. The number of aryl methyl sites for hydroxylation is 1. The molecule has 2 rings (SSSR count). The minimum Gasteiger partial charge on any atom is -0.315 e. The SMILES string of the molecule is Cc1ccccc1S(=O)(=O)NC=NCCSCc1csc(N=CNN)n1. The summed E-state index contributed by atoms with van der Waals surface area (Å²) in [5.74, 6) is 6.60. The Hall–Kier alpha value is -1.95. The third kappa shape index (κ3) is 6.41. The van der Waals surface area contributed by atoms with E-state index < -0.39 is 10.0 Å². The standard InChI is InChI=1S/C15H20N6O2S3/c1-12-4-2-3-5-14(12)26(22,23)20-10-17-6-7-24-8-13-9-25-15(21-13)18-11-19-16/h2-5,9-11H,6-8,16H2,1H3,(H,17,20)(H,18,19,21). The normalized spacial score (nSPS) is 12.1. The molecule has 0 spiro atoms. The van der Waals surface area contributed by atoms with E-state index in [-0.39, 0.29) is 4.90 Å². The van der Waals surface area contributed by atoms with Crippen molar-refractivity contribution in [1.82, 2.24) is 15.1 Å². The van der Waals surface area contributed by atoms with Gasteiger partial charge in [-0.15, -0.1) is 11.3 Å². The molecule has 1 heterocycles. The summed E-state index contributed by atoms with van der Waals surface area (Å²) in [6.45, 7) is 2.26. The van der Waals surface area contributed by atoms with Crippen LogP contribution in [-0.2, 0) is 15.8 Å². The number of sulfonamides is 1. The second kappa shape index (κ2) is 10.3. The molecule has 0 amide bonds. The number of aromatic nitrogens is 1. The second-order valence-electron chi connectivity index (χ2n) is 5.02. The van der Waals surface area contributed by atoms with Crippen molar-refractivity contribution in [2.75, 3.05) is 12.3 Å². The molecular weight excluding hydrogens is 392 g/mol. The molecule has 0 saturated heterocycles. The van der Waals surface area contributed by atoms with Crippen molar-refractivity contribution in [3.8, 4) is 0 Å². The molecule has 0 saturated carbocycles. The van der Waals surface area contributed by atoms with Crippen LogP contribution in [0.25, 0.3) is 0 Å². The number of hydrogen-bond acceptors (Lipinski definition) is 8. The molecule has 140 valence electrons. The molecule has 1 aromatic carbocycles. The lowest BCUT2D eigenvalue weighted by Gasteiger charge is -2.06. The highest BCUT2D eigenvalue weighted by Crippen LogP contribution is 2.21. The van der Waals surface area contributed by atoms with Crippen molar-refractivity contribution in [3.63, 3.8) is 0 Å². The van der Waals surface area contributed by atoms with E-state index in [0.717, 1.165) is 17.2 Å². The number of rotatable bonds is 10. The predicted molar refractivity (Wildman–Crippen MR) is 109 cm³/mol. The number of hydrazine groups is 1. The third-order valence-electron chi connectivity index (χ3n) is 3.09. The fraction of sp³-hybridized carbons (Fsp3) is 0.267. The van der Waals surface area contributed by atoms with Crippen LogP contribution in [0.5, 0.6) is 0 Å². The van der Waals surface area contributed by atoms with Gasteiger partial charge in [0, 0.05) is 23.4 Å². The molecule has 11 heteroatoms. The first-order valence-electron chi connectivity index (χ1n) is 7.60. The van der Waals surface area contributed by atoms with E-state index in [2.05, 4.69) is 25.1 Å². The lowest BCUT2D eigenvalue weighted by molar-refractivity contribution is 0.592. The summed E-state index contributed by atoms with van der Waals surface area (Å²) in [7, 11) is -3.57. The number of aliphatic imine (C=N–C) groups is 2. The summed E-state index contributed by atoms with van der Waals surface area (Å²) < 4.78 is 26.7. The van der Waals surface area contributed by atoms with Crippen LogP contribution in [-0.4, -0.2) is 38.4 Å². The number of nitrogens with one attached hydrogen (secondary N) is 2. The smallest absolute Gasteiger partial charge is 0.262 e. The molecule has 0 fully saturated rings. The summed E-state index contributed by atoms with van der Waals surface area (Å²) in [5.41, 5.74) is 3.96. The first kappa shape index (κ1) is 20.4. The van der Waals surface area contributed by atoms with Crippen LogP contribution >= 0.6 is 23.1 Å². The molecule has 2 aromatic rings. The maximum absolute atomic E-state index is 12.2. The van der Waals surface area contributed by atoms with Gasteiger partial charge in [0.25, 0.3) is 10.0 Å². The van der Waals surface area contributed by atoms with Gasteiger partial charge in [0.2, 0.25) is 5.13 Å².